The summed E-state index contributed by atoms with van der Waals surface area (Å²) in [5, 5.41) is 4.35. The highest BCUT2D eigenvalue weighted by Gasteiger charge is 2.17. The molecule has 0 atom stereocenters. The number of benzene rings is 1. The predicted molar refractivity (Wildman–Crippen MR) is 74.5 cm³/mol. The summed E-state index contributed by atoms with van der Waals surface area (Å²) < 4.78 is 1.50. The van der Waals surface area contributed by atoms with E-state index in [0.717, 1.165) is 10.6 Å². The summed E-state index contributed by atoms with van der Waals surface area (Å²) in [5.41, 5.74) is 1.05. The molecule has 0 spiro atoms. The first-order valence-electron chi connectivity index (χ1n) is 5.58. The number of carbonyl (C=O) groups is 1. The van der Waals surface area contributed by atoms with Gasteiger partial charge in [-0.2, -0.15) is 5.10 Å². The molecule has 1 aromatic heterocycles. The van der Waals surface area contributed by atoms with E-state index in [1.807, 2.05) is 24.3 Å². The number of hydrogen-bond donors (Lipinski definition) is 0. The maximum atomic E-state index is 12.3. The van der Waals surface area contributed by atoms with Crippen LogP contribution in [-0.2, 0) is 7.05 Å². The van der Waals surface area contributed by atoms with E-state index in [1.165, 1.54) is 10.9 Å². The van der Waals surface area contributed by atoms with Crippen LogP contribution in [0.25, 0.3) is 0 Å². The smallest absolute Gasteiger partial charge is 0.212 e. The fourth-order valence-corrected chi connectivity index (χ4v) is 2.59. The minimum Gasteiger partial charge on any atom is -0.287 e. The number of nitrogens with zero attached hydrogens (tertiary/aromatic N) is 2. The van der Waals surface area contributed by atoms with Gasteiger partial charge in [0.05, 0.1) is 11.2 Å². The number of rotatable bonds is 4. The number of aryl methyl sites for hydroxylation is 1. The van der Waals surface area contributed by atoms with Crippen LogP contribution in [0.15, 0.2) is 35.4 Å². The van der Waals surface area contributed by atoms with Gasteiger partial charge in [-0.1, -0.05) is 18.5 Å². The molecule has 0 aliphatic carbocycles. The van der Waals surface area contributed by atoms with E-state index >= 15 is 0 Å². The van der Waals surface area contributed by atoms with Crippen molar-refractivity contribution in [2.24, 2.45) is 7.05 Å². The standard InChI is InChI=1S/C13H13ClN2OS/c1-3-18-10-6-4-9(5-7-10)13(17)12-11(14)8-15-16(12)2/h4-8H,3H2,1-2H3. The van der Waals surface area contributed by atoms with Gasteiger partial charge >= 0.3 is 0 Å². The summed E-state index contributed by atoms with van der Waals surface area (Å²) in [5.74, 6) is 0.911. The summed E-state index contributed by atoms with van der Waals surface area (Å²) in [7, 11) is 1.71. The Morgan fingerprint density at radius 1 is 1.39 bits per heavy atom. The summed E-state index contributed by atoms with van der Waals surface area (Å²) in [6, 6.07) is 7.55. The van der Waals surface area contributed by atoms with Gasteiger partial charge in [-0.15, -0.1) is 11.8 Å². The van der Waals surface area contributed by atoms with E-state index in [0.29, 0.717) is 16.3 Å². The quantitative estimate of drug-likeness (QED) is 0.636. The molecule has 2 aromatic rings. The molecular weight excluding hydrogens is 268 g/mol. The molecule has 0 bridgehead atoms. The van der Waals surface area contributed by atoms with Crippen molar-refractivity contribution in [1.82, 2.24) is 9.78 Å². The topological polar surface area (TPSA) is 34.9 Å². The normalized spacial score (nSPS) is 10.6. The third kappa shape index (κ3) is 2.60. The highest BCUT2D eigenvalue weighted by molar-refractivity contribution is 7.99. The average molecular weight is 281 g/mol. The van der Waals surface area contributed by atoms with Crippen LogP contribution in [0.2, 0.25) is 5.02 Å². The van der Waals surface area contributed by atoms with Crippen molar-refractivity contribution in [1.29, 1.82) is 0 Å². The van der Waals surface area contributed by atoms with Crippen LogP contribution in [0.3, 0.4) is 0 Å². The van der Waals surface area contributed by atoms with E-state index in [4.69, 9.17) is 11.6 Å². The number of aromatic nitrogens is 2. The first-order valence-corrected chi connectivity index (χ1v) is 6.95. The Labute approximate surface area is 115 Å². The molecule has 1 aromatic carbocycles. The Kier molecular flexibility index (Phi) is 4.09. The van der Waals surface area contributed by atoms with Crippen LogP contribution < -0.4 is 0 Å². The molecule has 0 saturated carbocycles. The average Bonchev–Trinajstić information content (AvgIpc) is 2.70. The predicted octanol–water partition coefficient (Wildman–Crippen LogP) is 3.42. The molecule has 0 aliphatic rings. The summed E-state index contributed by atoms with van der Waals surface area (Å²) >= 11 is 7.71. The van der Waals surface area contributed by atoms with Crippen LogP contribution >= 0.6 is 23.4 Å². The monoisotopic (exact) mass is 280 g/mol. The second-order valence-corrected chi connectivity index (χ2v) is 5.50. The lowest BCUT2D eigenvalue weighted by Crippen LogP contribution is -2.08. The molecule has 2 rings (SSSR count). The molecule has 0 aliphatic heterocycles. The SMILES string of the molecule is CCSc1ccc(C(=O)c2c(Cl)cnn2C)cc1. The number of ketones is 1. The molecule has 18 heavy (non-hydrogen) atoms. The van der Waals surface area contributed by atoms with Gasteiger partial charge in [0.1, 0.15) is 5.69 Å². The molecular formula is C13H13ClN2OS. The van der Waals surface area contributed by atoms with Crippen molar-refractivity contribution in [2.45, 2.75) is 11.8 Å². The summed E-state index contributed by atoms with van der Waals surface area (Å²) in [6.07, 6.45) is 1.48. The third-order valence-electron chi connectivity index (χ3n) is 2.54. The number of carbonyl (C=O) groups excluding carboxylic acids is 1. The van der Waals surface area contributed by atoms with Crippen molar-refractivity contribution in [3.63, 3.8) is 0 Å². The highest BCUT2D eigenvalue weighted by atomic mass is 35.5. The lowest BCUT2D eigenvalue weighted by molar-refractivity contribution is 0.103. The van der Waals surface area contributed by atoms with Crippen LogP contribution in [0.1, 0.15) is 23.0 Å². The van der Waals surface area contributed by atoms with E-state index in [9.17, 15) is 4.79 Å². The second kappa shape index (κ2) is 5.59. The van der Waals surface area contributed by atoms with Gasteiger partial charge in [0.15, 0.2) is 0 Å². The van der Waals surface area contributed by atoms with Gasteiger partial charge in [0, 0.05) is 17.5 Å². The van der Waals surface area contributed by atoms with Gasteiger partial charge < -0.3 is 0 Å². The van der Waals surface area contributed by atoms with Gasteiger partial charge in [-0.05, 0) is 30.0 Å². The van der Waals surface area contributed by atoms with Crippen molar-refractivity contribution in [3.05, 3.63) is 46.7 Å². The van der Waals surface area contributed by atoms with Crippen LogP contribution in [0.4, 0.5) is 0 Å². The first-order chi connectivity index (χ1) is 8.63. The third-order valence-corrected chi connectivity index (χ3v) is 3.71. The van der Waals surface area contributed by atoms with Gasteiger partial charge in [0.25, 0.3) is 0 Å². The fraction of sp³-hybridized carbons (Fsp3) is 0.231. The minimum atomic E-state index is -0.104. The number of halogens is 1. The zero-order valence-electron chi connectivity index (χ0n) is 10.2. The van der Waals surface area contributed by atoms with Crippen molar-refractivity contribution in [2.75, 3.05) is 5.75 Å². The molecule has 5 heteroatoms. The zero-order valence-corrected chi connectivity index (χ0v) is 11.8. The largest absolute Gasteiger partial charge is 0.287 e. The molecule has 0 N–H and O–H groups in total. The Hall–Kier alpha value is -1.26. The molecule has 0 fully saturated rings. The Bertz CT molecular complexity index is 543. The lowest BCUT2D eigenvalue weighted by atomic mass is 10.1. The Morgan fingerprint density at radius 3 is 2.56 bits per heavy atom. The first kappa shape index (κ1) is 13.2. The maximum absolute atomic E-state index is 12.3. The van der Waals surface area contributed by atoms with E-state index in [-0.39, 0.29) is 5.78 Å². The fourth-order valence-electron chi connectivity index (χ4n) is 1.67. The molecule has 0 unspecified atom stereocenters. The van der Waals surface area contributed by atoms with Crippen LogP contribution in [-0.4, -0.2) is 21.3 Å². The molecule has 1 heterocycles. The molecule has 94 valence electrons. The lowest BCUT2D eigenvalue weighted by Gasteiger charge is -2.04. The minimum absolute atomic E-state index is 0.104. The van der Waals surface area contributed by atoms with E-state index in [2.05, 4.69) is 12.0 Å². The van der Waals surface area contributed by atoms with E-state index in [1.54, 1.807) is 18.8 Å². The highest BCUT2D eigenvalue weighted by Crippen LogP contribution is 2.21. The molecule has 3 nitrogen and oxygen atoms in total. The zero-order chi connectivity index (χ0) is 13.1. The number of hydrogen-bond acceptors (Lipinski definition) is 3. The van der Waals surface area contributed by atoms with Crippen molar-refractivity contribution >= 4 is 29.1 Å². The van der Waals surface area contributed by atoms with Gasteiger partial charge in [-0.3, -0.25) is 9.48 Å². The van der Waals surface area contributed by atoms with Gasteiger partial charge in [0.2, 0.25) is 5.78 Å². The molecule has 0 saturated heterocycles. The molecule has 0 amide bonds. The van der Waals surface area contributed by atoms with E-state index < -0.39 is 0 Å². The Morgan fingerprint density at radius 2 is 2.06 bits per heavy atom. The van der Waals surface area contributed by atoms with Crippen LogP contribution in [0.5, 0.6) is 0 Å². The Balaban J connectivity index is 2.29. The molecule has 0 radical (unpaired) electrons. The summed E-state index contributed by atoms with van der Waals surface area (Å²) in [6.45, 7) is 2.10. The number of thioether (sulfide) groups is 1. The van der Waals surface area contributed by atoms with Crippen molar-refractivity contribution in [3.8, 4) is 0 Å². The second-order valence-electron chi connectivity index (χ2n) is 3.75. The summed E-state index contributed by atoms with van der Waals surface area (Å²) in [4.78, 5) is 13.4. The maximum Gasteiger partial charge on any atom is 0.212 e. The van der Waals surface area contributed by atoms with Crippen LogP contribution in [0, 0.1) is 0 Å². The van der Waals surface area contributed by atoms with Crippen molar-refractivity contribution < 1.29 is 4.79 Å². The van der Waals surface area contributed by atoms with Gasteiger partial charge in [-0.25, -0.2) is 0 Å².